The van der Waals surface area contributed by atoms with E-state index in [0.29, 0.717) is 23.6 Å². The Hall–Kier alpha value is -2.08. The number of aromatic nitrogens is 1. The largest absolute Gasteiger partial charge is 0.491 e. The Kier molecular flexibility index (Phi) is 9.53. The van der Waals surface area contributed by atoms with E-state index in [4.69, 9.17) is 14.6 Å². The van der Waals surface area contributed by atoms with Crippen LogP contribution in [0.25, 0.3) is 6.08 Å². The molecule has 0 bridgehead atoms. The lowest BCUT2D eigenvalue weighted by Crippen LogP contribution is -2.04. The SMILES string of the molecule is CCCCCC(O)/C=C/c1cc(OCCCC(=O)O)c(OC)cn1. The van der Waals surface area contributed by atoms with Gasteiger partial charge in [0.1, 0.15) is 0 Å². The lowest BCUT2D eigenvalue weighted by molar-refractivity contribution is -0.137. The molecular formula is C18H27NO5. The predicted octanol–water partition coefficient (Wildman–Crippen LogP) is 3.29. The van der Waals surface area contributed by atoms with Gasteiger partial charge < -0.3 is 19.7 Å². The number of carboxylic acid groups (broad SMARTS) is 1. The van der Waals surface area contributed by atoms with E-state index >= 15 is 0 Å². The number of aliphatic hydroxyl groups is 1. The minimum absolute atomic E-state index is 0.0596. The van der Waals surface area contributed by atoms with Crippen molar-refractivity contribution in [3.63, 3.8) is 0 Å². The number of carboxylic acids is 1. The van der Waals surface area contributed by atoms with Crippen LogP contribution in [0.15, 0.2) is 18.3 Å². The van der Waals surface area contributed by atoms with E-state index in [1.165, 1.54) is 7.11 Å². The highest BCUT2D eigenvalue weighted by Crippen LogP contribution is 2.27. The van der Waals surface area contributed by atoms with Gasteiger partial charge in [-0.2, -0.15) is 0 Å². The zero-order chi connectivity index (χ0) is 17.8. The third-order valence-electron chi connectivity index (χ3n) is 3.46. The van der Waals surface area contributed by atoms with Crippen LogP contribution in [0.3, 0.4) is 0 Å². The number of unbranched alkanes of at least 4 members (excludes halogenated alkanes) is 2. The number of hydrogen-bond donors (Lipinski definition) is 2. The zero-order valence-corrected chi connectivity index (χ0v) is 14.4. The molecule has 1 heterocycles. The van der Waals surface area contributed by atoms with E-state index in [2.05, 4.69) is 11.9 Å². The highest BCUT2D eigenvalue weighted by atomic mass is 16.5. The van der Waals surface area contributed by atoms with E-state index in [-0.39, 0.29) is 13.0 Å². The standard InChI is InChI=1S/C18H27NO5/c1-3-4-5-7-15(20)10-9-14-12-16(17(23-2)13-19-14)24-11-6-8-18(21)22/h9-10,12-13,15,20H,3-8,11H2,1-2H3,(H,21,22)/b10-9+. The lowest BCUT2D eigenvalue weighted by Gasteiger charge is -2.10. The Morgan fingerprint density at radius 2 is 2.12 bits per heavy atom. The van der Waals surface area contributed by atoms with Crippen molar-refractivity contribution < 1.29 is 24.5 Å². The summed E-state index contributed by atoms with van der Waals surface area (Å²) in [6, 6.07) is 1.72. The summed E-state index contributed by atoms with van der Waals surface area (Å²) in [5.74, 6) is 0.157. The molecule has 0 saturated carbocycles. The van der Waals surface area contributed by atoms with Crippen LogP contribution >= 0.6 is 0 Å². The number of aliphatic carboxylic acids is 1. The molecule has 0 aliphatic carbocycles. The van der Waals surface area contributed by atoms with Crippen LogP contribution in [0.1, 0.15) is 51.1 Å². The van der Waals surface area contributed by atoms with Crippen LogP contribution in [0.4, 0.5) is 0 Å². The summed E-state index contributed by atoms with van der Waals surface area (Å²) in [4.78, 5) is 14.7. The summed E-state index contributed by atoms with van der Waals surface area (Å²) in [5, 5.41) is 18.5. The van der Waals surface area contributed by atoms with Crippen molar-refractivity contribution in [1.29, 1.82) is 0 Å². The maximum atomic E-state index is 10.5. The summed E-state index contributed by atoms with van der Waals surface area (Å²) < 4.78 is 10.8. The Bertz CT molecular complexity index is 530. The Morgan fingerprint density at radius 3 is 2.79 bits per heavy atom. The van der Waals surface area contributed by atoms with Gasteiger partial charge in [0.25, 0.3) is 0 Å². The number of methoxy groups -OCH3 is 1. The molecule has 2 N–H and O–H groups in total. The maximum Gasteiger partial charge on any atom is 0.303 e. The minimum Gasteiger partial charge on any atom is -0.491 e. The number of ether oxygens (including phenoxy) is 2. The Labute approximate surface area is 143 Å². The molecule has 1 aromatic heterocycles. The number of carbonyl (C=O) groups is 1. The van der Waals surface area contributed by atoms with E-state index in [9.17, 15) is 9.90 Å². The molecular weight excluding hydrogens is 310 g/mol. The van der Waals surface area contributed by atoms with Crippen molar-refractivity contribution >= 4 is 12.0 Å². The third kappa shape index (κ3) is 7.97. The second-order valence-corrected chi connectivity index (χ2v) is 5.53. The fourth-order valence-corrected chi connectivity index (χ4v) is 2.11. The summed E-state index contributed by atoms with van der Waals surface area (Å²) in [6.07, 6.45) is 8.98. The van der Waals surface area contributed by atoms with Gasteiger partial charge >= 0.3 is 5.97 Å². The van der Waals surface area contributed by atoms with Crippen molar-refractivity contribution in [3.05, 3.63) is 24.0 Å². The van der Waals surface area contributed by atoms with Gasteiger partial charge in [0.15, 0.2) is 11.5 Å². The quantitative estimate of drug-likeness (QED) is 0.569. The molecule has 24 heavy (non-hydrogen) atoms. The molecule has 1 rings (SSSR count). The summed E-state index contributed by atoms with van der Waals surface area (Å²) >= 11 is 0. The zero-order valence-electron chi connectivity index (χ0n) is 14.4. The monoisotopic (exact) mass is 337 g/mol. The number of nitrogens with zero attached hydrogens (tertiary/aromatic N) is 1. The Morgan fingerprint density at radius 1 is 1.33 bits per heavy atom. The first-order chi connectivity index (χ1) is 11.6. The molecule has 0 radical (unpaired) electrons. The van der Waals surface area contributed by atoms with Crippen molar-refractivity contribution in [2.45, 2.75) is 51.6 Å². The Balaban J connectivity index is 2.62. The van der Waals surface area contributed by atoms with Crippen LogP contribution < -0.4 is 9.47 Å². The molecule has 0 aliphatic heterocycles. The average Bonchev–Trinajstić information content (AvgIpc) is 2.57. The molecule has 0 fully saturated rings. The van der Waals surface area contributed by atoms with Gasteiger partial charge in [-0.25, -0.2) is 0 Å². The van der Waals surface area contributed by atoms with E-state index in [0.717, 1.165) is 25.7 Å². The first-order valence-corrected chi connectivity index (χ1v) is 8.31. The van der Waals surface area contributed by atoms with Gasteiger partial charge in [-0.15, -0.1) is 0 Å². The minimum atomic E-state index is -0.846. The third-order valence-corrected chi connectivity index (χ3v) is 3.46. The fourth-order valence-electron chi connectivity index (χ4n) is 2.11. The lowest BCUT2D eigenvalue weighted by atomic mass is 10.1. The first-order valence-electron chi connectivity index (χ1n) is 8.31. The van der Waals surface area contributed by atoms with E-state index < -0.39 is 12.1 Å². The van der Waals surface area contributed by atoms with Gasteiger partial charge in [0.2, 0.25) is 0 Å². The van der Waals surface area contributed by atoms with E-state index in [1.807, 2.05) is 0 Å². The van der Waals surface area contributed by atoms with Crippen LogP contribution in [-0.2, 0) is 4.79 Å². The topological polar surface area (TPSA) is 88.9 Å². The first kappa shape index (κ1) is 20.0. The summed E-state index contributed by atoms with van der Waals surface area (Å²) in [7, 11) is 1.52. The maximum absolute atomic E-state index is 10.5. The summed E-state index contributed by atoms with van der Waals surface area (Å²) in [6.45, 7) is 2.41. The van der Waals surface area contributed by atoms with Gasteiger partial charge in [-0.05, 0) is 18.9 Å². The predicted molar refractivity (Wildman–Crippen MR) is 92.3 cm³/mol. The molecule has 0 aromatic carbocycles. The molecule has 0 aliphatic rings. The number of rotatable bonds is 12. The molecule has 0 amide bonds. The highest BCUT2D eigenvalue weighted by Gasteiger charge is 2.07. The van der Waals surface area contributed by atoms with Crippen molar-refractivity contribution in [3.8, 4) is 11.5 Å². The molecule has 134 valence electrons. The van der Waals surface area contributed by atoms with Crippen molar-refractivity contribution in [2.24, 2.45) is 0 Å². The molecule has 0 saturated heterocycles. The molecule has 1 unspecified atom stereocenters. The highest BCUT2D eigenvalue weighted by molar-refractivity contribution is 5.66. The van der Waals surface area contributed by atoms with Crippen LogP contribution in [0.2, 0.25) is 0 Å². The second kappa shape index (κ2) is 11.5. The second-order valence-electron chi connectivity index (χ2n) is 5.53. The van der Waals surface area contributed by atoms with Crippen molar-refractivity contribution in [2.75, 3.05) is 13.7 Å². The van der Waals surface area contributed by atoms with Crippen LogP contribution in [0.5, 0.6) is 11.5 Å². The molecule has 1 atom stereocenters. The summed E-state index contributed by atoms with van der Waals surface area (Å²) in [5.41, 5.74) is 0.651. The van der Waals surface area contributed by atoms with Gasteiger partial charge in [-0.1, -0.05) is 32.3 Å². The van der Waals surface area contributed by atoms with E-state index in [1.54, 1.807) is 24.4 Å². The molecule has 6 heteroatoms. The number of hydrogen-bond acceptors (Lipinski definition) is 5. The van der Waals surface area contributed by atoms with Crippen molar-refractivity contribution in [1.82, 2.24) is 4.98 Å². The number of aliphatic hydroxyl groups excluding tert-OH is 1. The molecule has 1 aromatic rings. The smallest absolute Gasteiger partial charge is 0.303 e. The van der Waals surface area contributed by atoms with Gasteiger partial charge in [-0.3, -0.25) is 9.78 Å². The van der Waals surface area contributed by atoms with Crippen LogP contribution in [-0.4, -0.2) is 41.0 Å². The van der Waals surface area contributed by atoms with Gasteiger partial charge in [0, 0.05) is 12.5 Å². The number of pyridine rings is 1. The molecule has 6 nitrogen and oxygen atoms in total. The van der Waals surface area contributed by atoms with Gasteiger partial charge in [0.05, 0.1) is 31.7 Å². The average molecular weight is 337 g/mol. The van der Waals surface area contributed by atoms with Crippen LogP contribution in [0, 0.1) is 0 Å². The fraction of sp³-hybridized carbons (Fsp3) is 0.556. The molecule has 0 spiro atoms. The normalized spacial score (nSPS) is 12.3.